The van der Waals surface area contributed by atoms with E-state index >= 15 is 0 Å². The second kappa shape index (κ2) is 8.21. The lowest BCUT2D eigenvalue weighted by Gasteiger charge is -2.13. The summed E-state index contributed by atoms with van der Waals surface area (Å²) >= 11 is 8.46. The fourth-order valence-electron chi connectivity index (χ4n) is 1.64. The molecule has 0 heterocycles. The number of benzene rings is 1. The molecule has 0 aromatic heterocycles. The molecule has 20 heavy (non-hydrogen) atoms. The van der Waals surface area contributed by atoms with Crippen LogP contribution < -0.4 is 16.4 Å². The second-order valence-electron chi connectivity index (χ2n) is 4.90. The molecule has 0 aliphatic rings. The van der Waals surface area contributed by atoms with Gasteiger partial charge in [-0.15, -0.1) is 0 Å². The number of anilines is 1. The molecule has 0 aliphatic carbocycles. The minimum atomic E-state index is 0.0399. The predicted octanol–water partition coefficient (Wildman–Crippen LogP) is 2.66. The van der Waals surface area contributed by atoms with E-state index in [1.807, 2.05) is 18.2 Å². The van der Waals surface area contributed by atoms with Gasteiger partial charge in [-0.2, -0.15) is 0 Å². The highest BCUT2D eigenvalue weighted by Gasteiger charge is 2.09. The lowest BCUT2D eigenvalue weighted by Crippen LogP contribution is -2.28. The quantitative estimate of drug-likeness (QED) is 0.656. The first-order chi connectivity index (χ1) is 9.41. The normalized spacial score (nSPS) is 10.4. The molecular weight excluding hydrogens is 338 g/mol. The molecule has 0 saturated heterocycles. The van der Waals surface area contributed by atoms with Crippen molar-refractivity contribution in [1.82, 2.24) is 5.32 Å². The Balaban J connectivity index is 2.52. The van der Waals surface area contributed by atoms with E-state index in [0.717, 1.165) is 15.7 Å². The summed E-state index contributed by atoms with van der Waals surface area (Å²) in [5.74, 6) is 0.497. The van der Waals surface area contributed by atoms with E-state index in [1.165, 1.54) is 0 Å². The van der Waals surface area contributed by atoms with Crippen molar-refractivity contribution < 1.29 is 4.79 Å². The number of carbonyl (C=O) groups excluding carboxylic acids is 1. The van der Waals surface area contributed by atoms with Crippen LogP contribution in [0.3, 0.4) is 0 Å². The van der Waals surface area contributed by atoms with Crippen LogP contribution in [-0.2, 0) is 4.79 Å². The molecule has 0 atom stereocenters. The lowest BCUT2D eigenvalue weighted by molar-refractivity contribution is -0.120. The first kappa shape index (κ1) is 16.9. The molecule has 1 amide bonds. The van der Waals surface area contributed by atoms with E-state index in [-0.39, 0.29) is 5.91 Å². The van der Waals surface area contributed by atoms with Crippen molar-refractivity contribution in [3.05, 3.63) is 28.2 Å². The molecule has 1 rings (SSSR count). The first-order valence-corrected chi connectivity index (χ1v) is 7.70. The van der Waals surface area contributed by atoms with Crippen LogP contribution in [0.5, 0.6) is 0 Å². The summed E-state index contributed by atoms with van der Waals surface area (Å²) in [5.41, 5.74) is 7.32. The first-order valence-electron chi connectivity index (χ1n) is 6.50. The van der Waals surface area contributed by atoms with Crippen molar-refractivity contribution in [1.29, 1.82) is 0 Å². The molecule has 1 aromatic rings. The topological polar surface area (TPSA) is 67.2 Å². The Hall–Kier alpha value is -1.14. The van der Waals surface area contributed by atoms with Gasteiger partial charge < -0.3 is 16.4 Å². The molecule has 4 nitrogen and oxygen atoms in total. The molecule has 0 aliphatic heterocycles. The second-order valence-corrected chi connectivity index (χ2v) is 6.20. The smallest absolute Gasteiger partial charge is 0.221 e. The highest BCUT2D eigenvalue weighted by Crippen LogP contribution is 2.24. The van der Waals surface area contributed by atoms with Gasteiger partial charge >= 0.3 is 0 Å². The lowest BCUT2D eigenvalue weighted by atomic mass is 10.1. The average Bonchev–Trinajstić information content (AvgIpc) is 2.36. The third-order valence-corrected chi connectivity index (χ3v) is 3.50. The largest absolute Gasteiger partial charge is 0.389 e. The number of rotatable bonds is 7. The Morgan fingerprint density at radius 2 is 2.15 bits per heavy atom. The highest BCUT2D eigenvalue weighted by atomic mass is 79.9. The summed E-state index contributed by atoms with van der Waals surface area (Å²) in [7, 11) is 0. The molecule has 110 valence electrons. The molecule has 0 fully saturated rings. The van der Waals surface area contributed by atoms with E-state index < -0.39 is 0 Å². The van der Waals surface area contributed by atoms with E-state index in [1.54, 1.807) is 0 Å². The van der Waals surface area contributed by atoms with Crippen LogP contribution in [0, 0.1) is 5.92 Å². The van der Waals surface area contributed by atoms with Gasteiger partial charge in [0.15, 0.2) is 0 Å². The van der Waals surface area contributed by atoms with Gasteiger partial charge in [-0.25, -0.2) is 0 Å². The van der Waals surface area contributed by atoms with Gasteiger partial charge in [-0.1, -0.05) is 32.1 Å². The predicted molar refractivity (Wildman–Crippen MR) is 91.0 cm³/mol. The van der Waals surface area contributed by atoms with E-state index in [4.69, 9.17) is 18.0 Å². The van der Waals surface area contributed by atoms with E-state index in [9.17, 15) is 4.79 Å². The summed E-state index contributed by atoms with van der Waals surface area (Å²) in [4.78, 5) is 11.9. The van der Waals surface area contributed by atoms with Gasteiger partial charge in [-0.05, 0) is 34.0 Å². The minimum Gasteiger partial charge on any atom is -0.389 e. The van der Waals surface area contributed by atoms with Crippen molar-refractivity contribution in [2.45, 2.75) is 20.3 Å². The third-order valence-electron chi connectivity index (χ3n) is 2.64. The maximum atomic E-state index is 11.6. The van der Waals surface area contributed by atoms with Crippen molar-refractivity contribution in [3.8, 4) is 0 Å². The highest BCUT2D eigenvalue weighted by molar-refractivity contribution is 9.10. The van der Waals surface area contributed by atoms with Gasteiger partial charge in [0.25, 0.3) is 0 Å². The number of hydrogen-bond acceptors (Lipinski definition) is 3. The van der Waals surface area contributed by atoms with Crippen LogP contribution in [0.25, 0.3) is 0 Å². The number of hydrogen-bond donors (Lipinski definition) is 3. The zero-order valence-corrected chi connectivity index (χ0v) is 14.1. The number of nitrogens with two attached hydrogens (primary N) is 1. The summed E-state index contributed by atoms with van der Waals surface area (Å²) in [6.45, 7) is 5.37. The molecule has 0 saturated carbocycles. The van der Waals surface area contributed by atoms with Crippen LogP contribution in [-0.4, -0.2) is 24.0 Å². The maximum absolute atomic E-state index is 11.6. The monoisotopic (exact) mass is 357 g/mol. The van der Waals surface area contributed by atoms with Crippen LogP contribution in [0.1, 0.15) is 25.8 Å². The Labute approximate surface area is 133 Å². The van der Waals surface area contributed by atoms with Crippen molar-refractivity contribution in [2.24, 2.45) is 11.7 Å². The summed E-state index contributed by atoms with van der Waals surface area (Å²) in [6.07, 6.45) is 0.413. The summed E-state index contributed by atoms with van der Waals surface area (Å²) < 4.78 is 0.847. The summed E-state index contributed by atoms with van der Waals surface area (Å²) in [5, 5.41) is 6.07. The average molecular weight is 358 g/mol. The summed E-state index contributed by atoms with van der Waals surface area (Å²) in [6, 6.07) is 5.67. The number of amides is 1. The van der Waals surface area contributed by atoms with Crippen LogP contribution in [0.15, 0.2) is 22.7 Å². The molecule has 0 bridgehead atoms. The maximum Gasteiger partial charge on any atom is 0.221 e. The van der Waals surface area contributed by atoms with Crippen LogP contribution >= 0.6 is 28.1 Å². The van der Waals surface area contributed by atoms with Crippen LogP contribution in [0.2, 0.25) is 0 Å². The Bertz CT molecular complexity index is 491. The van der Waals surface area contributed by atoms with Gasteiger partial charge in [0.05, 0.1) is 0 Å². The molecule has 0 radical (unpaired) electrons. The zero-order valence-electron chi connectivity index (χ0n) is 11.7. The molecule has 6 heteroatoms. The third kappa shape index (κ3) is 5.46. The van der Waals surface area contributed by atoms with Gasteiger partial charge in [0, 0.05) is 35.2 Å². The number of nitrogens with one attached hydrogen (secondary N) is 2. The molecule has 1 aromatic carbocycles. The Morgan fingerprint density at radius 3 is 2.75 bits per heavy atom. The number of carbonyl (C=O) groups is 1. The molecule has 0 spiro atoms. The van der Waals surface area contributed by atoms with E-state index in [2.05, 4.69) is 40.4 Å². The van der Waals surface area contributed by atoms with E-state index in [0.29, 0.717) is 30.4 Å². The molecule has 4 N–H and O–H groups in total. The van der Waals surface area contributed by atoms with Gasteiger partial charge in [0.2, 0.25) is 5.91 Å². The van der Waals surface area contributed by atoms with Gasteiger partial charge in [-0.3, -0.25) is 4.79 Å². The van der Waals surface area contributed by atoms with Crippen molar-refractivity contribution in [3.63, 3.8) is 0 Å². The van der Waals surface area contributed by atoms with Crippen molar-refractivity contribution in [2.75, 3.05) is 18.4 Å². The number of halogens is 1. The molecular formula is C14H20BrN3OS. The SMILES string of the molecule is CC(C)CNC(=O)CCNc1cccc(Br)c1C(N)=S. The standard InChI is InChI=1S/C14H20BrN3OS/c1-9(2)8-18-12(19)6-7-17-11-5-3-4-10(15)13(11)14(16)20/h3-5,9,17H,6-8H2,1-2H3,(H2,16,20)(H,18,19). The van der Waals surface area contributed by atoms with Gasteiger partial charge in [0.1, 0.15) is 4.99 Å². The fraction of sp³-hybridized carbons (Fsp3) is 0.429. The molecule has 0 unspecified atom stereocenters. The minimum absolute atomic E-state index is 0.0399. The Kier molecular flexibility index (Phi) is 6.95. The zero-order chi connectivity index (χ0) is 15.1. The fourth-order valence-corrected chi connectivity index (χ4v) is 2.57. The van der Waals surface area contributed by atoms with Crippen molar-refractivity contribution >= 4 is 44.7 Å². The number of thiocarbonyl (C=S) groups is 1. The Morgan fingerprint density at radius 1 is 1.45 bits per heavy atom. The van der Waals surface area contributed by atoms with Crippen LogP contribution in [0.4, 0.5) is 5.69 Å².